The van der Waals surface area contributed by atoms with Crippen molar-refractivity contribution in [3.05, 3.63) is 0 Å². The van der Waals surface area contributed by atoms with E-state index in [0.29, 0.717) is 19.8 Å². The molecule has 0 saturated heterocycles. The molecule has 0 aromatic carbocycles. The topological polar surface area (TPSA) is 27.7 Å². The van der Waals surface area contributed by atoms with Crippen molar-refractivity contribution in [3.63, 3.8) is 0 Å². The van der Waals surface area contributed by atoms with E-state index in [0.717, 1.165) is 19.3 Å². The van der Waals surface area contributed by atoms with Crippen molar-refractivity contribution in [2.24, 2.45) is 0 Å². The van der Waals surface area contributed by atoms with Crippen molar-refractivity contribution in [3.8, 4) is 0 Å². The average Bonchev–Trinajstić information content (AvgIpc) is 2.45. The summed E-state index contributed by atoms with van der Waals surface area (Å²) in [5.41, 5.74) is 0. The summed E-state index contributed by atoms with van der Waals surface area (Å²) < 4.78 is 17.4. The Morgan fingerprint density at radius 1 is 0.600 bits per heavy atom. The molecule has 0 aliphatic rings. The van der Waals surface area contributed by atoms with Crippen LogP contribution in [0.2, 0.25) is 0 Å². The summed E-state index contributed by atoms with van der Waals surface area (Å²) in [6.45, 7) is 8.53. The first kappa shape index (κ1) is 20.9. The van der Waals surface area contributed by atoms with Crippen molar-refractivity contribution in [2.45, 2.75) is 78.6 Å². The predicted molar refractivity (Wildman–Crippen MR) is 82.3 cm³/mol. The van der Waals surface area contributed by atoms with E-state index < -0.39 is 16.7 Å². The van der Waals surface area contributed by atoms with Crippen molar-refractivity contribution in [1.82, 2.24) is 0 Å². The molecule has 0 fully saturated rings. The van der Waals surface area contributed by atoms with Gasteiger partial charge in [-0.1, -0.05) is 0 Å². The van der Waals surface area contributed by atoms with Gasteiger partial charge in [-0.15, -0.1) is 0 Å². The van der Waals surface area contributed by atoms with Gasteiger partial charge in [0.2, 0.25) is 0 Å². The zero-order valence-corrected chi connectivity index (χ0v) is 15.9. The molecule has 0 spiro atoms. The van der Waals surface area contributed by atoms with E-state index in [1.807, 2.05) is 0 Å². The second-order valence-corrected chi connectivity index (χ2v) is 9.91. The van der Waals surface area contributed by atoms with Crippen molar-refractivity contribution >= 4 is 9.30 Å². The molecule has 0 amide bonds. The summed E-state index contributed by atoms with van der Waals surface area (Å²) in [5.74, 6) is 0. The van der Waals surface area contributed by atoms with Gasteiger partial charge in [-0.25, -0.2) is 0 Å². The Bertz CT molecular complexity index is 174. The molecule has 0 saturated carbocycles. The predicted octanol–water partition coefficient (Wildman–Crippen LogP) is 5.66. The van der Waals surface area contributed by atoms with E-state index in [1.54, 1.807) is 0 Å². The van der Waals surface area contributed by atoms with Gasteiger partial charge in [-0.3, -0.25) is 0 Å². The third-order valence-electron chi connectivity index (χ3n) is 3.07. The molecular weight excluding hydrogens is 311 g/mol. The van der Waals surface area contributed by atoms with Crippen LogP contribution in [0.15, 0.2) is 0 Å². The van der Waals surface area contributed by atoms with Crippen LogP contribution in [0.5, 0.6) is 0 Å². The van der Waals surface area contributed by atoms with Gasteiger partial charge in [0, 0.05) is 0 Å². The molecule has 5 heteroatoms. The van der Waals surface area contributed by atoms with Crippen LogP contribution in [-0.2, 0) is 26.6 Å². The second-order valence-electron chi connectivity index (χ2n) is 5.15. The van der Waals surface area contributed by atoms with Gasteiger partial charge in [0.05, 0.1) is 0 Å². The quantitative estimate of drug-likeness (QED) is 0.283. The number of hydrogen-bond acceptors (Lipinski definition) is 3. The minimum absolute atomic E-state index is 0.666. The van der Waals surface area contributed by atoms with Crippen LogP contribution in [0.25, 0.3) is 0 Å². The monoisotopic (exact) mass is 344 g/mol. The van der Waals surface area contributed by atoms with Gasteiger partial charge < -0.3 is 0 Å². The van der Waals surface area contributed by atoms with Crippen LogP contribution < -0.4 is 0 Å². The van der Waals surface area contributed by atoms with Gasteiger partial charge in [-0.05, 0) is 0 Å². The van der Waals surface area contributed by atoms with Gasteiger partial charge in [0.25, 0.3) is 0 Å². The molecule has 0 rings (SSSR count). The molecule has 0 unspecified atom stereocenters. The van der Waals surface area contributed by atoms with Crippen LogP contribution in [0.3, 0.4) is 0 Å². The Labute approximate surface area is 134 Å². The van der Waals surface area contributed by atoms with E-state index in [4.69, 9.17) is 19.3 Å². The summed E-state index contributed by atoms with van der Waals surface area (Å²) in [6, 6.07) is 0. The normalized spacial score (nSPS) is 12.0. The van der Waals surface area contributed by atoms with Crippen LogP contribution in [-0.4, -0.2) is 19.8 Å². The van der Waals surface area contributed by atoms with Gasteiger partial charge in [0.15, 0.2) is 0 Å². The minimum atomic E-state index is -3.47. The molecule has 0 bridgehead atoms. The number of hydrogen-bond donors (Lipinski definition) is 0. The fraction of sp³-hybridized carbons (Fsp3) is 1.00. The third-order valence-corrected chi connectivity index (χ3v) is 6.99. The standard InChI is InChI=1S/3C5H11O.ClH.Ti/c3*1-2-3-4-5-6;;/h3*2-5H2,1H3;1H;/q3*-1;;+4/p-1. The van der Waals surface area contributed by atoms with Crippen LogP contribution in [0.1, 0.15) is 78.6 Å². The van der Waals surface area contributed by atoms with Gasteiger partial charge in [-0.2, -0.15) is 0 Å². The number of unbranched alkanes of at least 4 members (excludes halogenated alkanes) is 6. The molecule has 0 aliphatic carbocycles. The summed E-state index contributed by atoms with van der Waals surface area (Å²) in [5, 5.41) is 0. The van der Waals surface area contributed by atoms with Crippen molar-refractivity contribution in [2.75, 3.05) is 19.8 Å². The average molecular weight is 345 g/mol. The molecule has 0 aromatic heterocycles. The van der Waals surface area contributed by atoms with E-state index >= 15 is 0 Å². The fourth-order valence-corrected chi connectivity index (χ4v) is 4.93. The second kappa shape index (κ2) is 14.8. The molecule has 122 valence electrons. The first-order chi connectivity index (χ1) is 9.68. The Balaban J connectivity index is 3.98. The Morgan fingerprint density at radius 3 is 1.15 bits per heavy atom. The van der Waals surface area contributed by atoms with Crippen LogP contribution >= 0.6 is 9.30 Å². The maximum atomic E-state index is 6.50. The van der Waals surface area contributed by atoms with Crippen LogP contribution in [0.4, 0.5) is 0 Å². The molecule has 0 atom stereocenters. The first-order valence-electron chi connectivity index (χ1n) is 8.29. The zero-order chi connectivity index (χ0) is 15.1. The molecule has 0 heterocycles. The summed E-state index contributed by atoms with van der Waals surface area (Å²) in [6.07, 6.45) is 10.1. The van der Waals surface area contributed by atoms with Gasteiger partial charge >= 0.3 is 134 Å². The molecule has 0 aliphatic heterocycles. The van der Waals surface area contributed by atoms with E-state index in [1.165, 1.54) is 38.5 Å². The van der Waals surface area contributed by atoms with E-state index in [9.17, 15) is 0 Å². The summed E-state index contributed by atoms with van der Waals surface area (Å²) in [7, 11) is 6.50. The molecule has 0 N–H and O–H groups in total. The Morgan fingerprint density at radius 2 is 0.900 bits per heavy atom. The summed E-state index contributed by atoms with van der Waals surface area (Å²) in [4.78, 5) is 0. The zero-order valence-electron chi connectivity index (χ0n) is 13.6. The number of halogens is 1. The molecule has 0 aromatic rings. The van der Waals surface area contributed by atoms with Crippen LogP contribution in [0, 0.1) is 0 Å². The maximum absolute atomic E-state index is 6.50. The number of rotatable bonds is 15. The molecule has 20 heavy (non-hydrogen) atoms. The van der Waals surface area contributed by atoms with E-state index in [-0.39, 0.29) is 0 Å². The fourth-order valence-electron chi connectivity index (χ4n) is 1.76. The molecular formula is C15H33ClO3Ti. The van der Waals surface area contributed by atoms with Gasteiger partial charge in [0.1, 0.15) is 0 Å². The Hall–Kier alpha value is 0.884. The molecule has 3 nitrogen and oxygen atoms in total. The van der Waals surface area contributed by atoms with E-state index in [2.05, 4.69) is 20.8 Å². The first-order valence-corrected chi connectivity index (χ1v) is 12.3. The third kappa shape index (κ3) is 12.6. The SMILES string of the molecule is CCCCC[O][Ti]([Cl])([O]CCCCC)[O]CCCCC. The Kier molecular flexibility index (Phi) is 15.5. The summed E-state index contributed by atoms with van der Waals surface area (Å²) >= 11 is -3.47. The molecule has 0 radical (unpaired) electrons. The van der Waals surface area contributed by atoms with Crippen molar-refractivity contribution in [1.29, 1.82) is 0 Å². The van der Waals surface area contributed by atoms with Crippen molar-refractivity contribution < 1.29 is 26.6 Å².